The van der Waals surface area contributed by atoms with Crippen molar-refractivity contribution in [3.05, 3.63) is 30.5 Å². The van der Waals surface area contributed by atoms with Gasteiger partial charge in [-0.15, -0.1) is 0 Å². The highest BCUT2D eigenvalue weighted by Gasteiger charge is 2.19. The second kappa shape index (κ2) is 5.49. The van der Waals surface area contributed by atoms with Gasteiger partial charge in [-0.3, -0.25) is 9.78 Å². The van der Waals surface area contributed by atoms with Crippen molar-refractivity contribution in [2.45, 2.75) is 32.1 Å². The number of aromatic nitrogens is 1. The number of fused-ring (bicyclic) bond motifs is 1. The van der Waals surface area contributed by atoms with Crippen molar-refractivity contribution in [3.63, 3.8) is 0 Å². The van der Waals surface area contributed by atoms with Gasteiger partial charge in [0, 0.05) is 18.0 Å². The van der Waals surface area contributed by atoms with Crippen LogP contribution in [-0.4, -0.2) is 16.0 Å². The Morgan fingerprint density at radius 2 is 2.10 bits per heavy atom. The average Bonchev–Trinajstić information content (AvgIpc) is 2.95. The molecule has 1 saturated carbocycles. The summed E-state index contributed by atoms with van der Waals surface area (Å²) in [5.41, 5.74) is 0.963. The van der Waals surface area contributed by atoms with E-state index in [2.05, 4.69) is 10.3 Å². The van der Waals surface area contributed by atoms with Crippen molar-refractivity contribution in [2.24, 2.45) is 5.92 Å². The fraction of sp³-hybridized carbons (Fsp3) is 0.375. The molecule has 4 nitrogen and oxygen atoms in total. The van der Waals surface area contributed by atoms with E-state index in [9.17, 15) is 9.90 Å². The summed E-state index contributed by atoms with van der Waals surface area (Å²) in [7, 11) is 0. The van der Waals surface area contributed by atoms with Gasteiger partial charge in [-0.05, 0) is 30.9 Å². The van der Waals surface area contributed by atoms with E-state index in [0.29, 0.717) is 23.5 Å². The summed E-state index contributed by atoms with van der Waals surface area (Å²) in [4.78, 5) is 16.2. The molecule has 4 heteroatoms. The van der Waals surface area contributed by atoms with E-state index in [1.165, 1.54) is 12.8 Å². The van der Waals surface area contributed by atoms with Crippen molar-refractivity contribution in [1.82, 2.24) is 4.98 Å². The Hall–Kier alpha value is -2.10. The SMILES string of the molecule is O=C(CC1CCCC1)Nc1ccc2cccnc2c1O. The summed E-state index contributed by atoms with van der Waals surface area (Å²) < 4.78 is 0. The predicted molar refractivity (Wildman–Crippen MR) is 78.6 cm³/mol. The number of hydrogen-bond donors (Lipinski definition) is 2. The normalized spacial score (nSPS) is 15.6. The lowest BCUT2D eigenvalue weighted by molar-refractivity contribution is -0.117. The standard InChI is InChI=1S/C16H18N2O2/c19-14(10-11-4-1-2-5-11)18-13-8-7-12-6-3-9-17-15(12)16(13)20/h3,6-9,11,20H,1-2,4-5,10H2,(H,18,19). The van der Waals surface area contributed by atoms with Crippen LogP contribution in [0.3, 0.4) is 0 Å². The molecule has 1 aliphatic rings. The molecule has 1 aromatic carbocycles. The molecule has 0 atom stereocenters. The molecule has 2 N–H and O–H groups in total. The van der Waals surface area contributed by atoms with E-state index >= 15 is 0 Å². The third-order valence-corrected chi connectivity index (χ3v) is 3.97. The Morgan fingerprint density at radius 1 is 1.30 bits per heavy atom. The highest BCUT2D eigenvalue weighted by molar-refractivity contribution is 5.97. The van der Waals surface area contributed by atoms with Crippen molar-refractivity contribution in [1.29, 1.82) is 0 Å². The van der Waals surface area contributed by atoms with E-state index in [0.717, 1.165) is 18.2 Å². The molecule has 0 bridgehead atoms. The summed E-state index contributed by atoms with van der Waals surface area (Å²) >= 11 is 0. The molecule has 2 aromatic rings. The highest BCUT2D eigenvalue weighted by Crippen LogP contribution is 2.32. The number of aromatic hydroxyl groups is 1. The second-order valence-electron chi connectivity index (χ2n) is 5.44. The molecule has 3 rings (SSSR count). The fourth-order valence-corrected chi connectivity index (χ4v) is 2.91. The molecule has 0 saturated heterocycles. The number of rotatable bonds is 3. The van der Waals surface area contributed by atoms with Gasteiger partial charge >= 0.3 is 0 Å². The van der Waals surface area contributed by atoms with Gasteiger partial charge in [-0.1, -0.05) is 25.0 Å². The smallest absolute Gasteiger partial charge is 0.224 e. The predicted octanol–water partition coefficient (Wildman–Crippen LogP) is 3.46. The number of phenolic OH excluding ortho intramolecular Hbond substituents is 1. The summed E-state index contributed by atoms with van der Waals surface area (Å²) in [5, 5.41) is 13.8. The number of anilines is 1. The van der Waals surface area contributed by atoms with Gasteiger partial charge < -0.3 is 10.4 Å². The van der Waals surface area contributed by atoms with Crippen molar-refractivity contribution in [2.75, 3.05) is 5.32 Å². The molecular formula is C16H18N2O2. The summed E-state index contributed by atoms with van der Waals surface area (Å²) in [6.07, 6.45) is 6.90. The van der Waals surface area contributed by atoms with Crippen LogP contribution in [0.25, 0.3) is 10.9 Å². The third kappa shape index (κ3) is 2.59. The van der Waals surface area contributed by atoms with Crippen molar-refractivity contribution in [3.8, 4) is 5.75 Å². The molecule has 0 radical (unpaired) electrons. The minimum Gasteiger partial charge on any atom is -0.504 e. The minimum atomic E-state index is -0.0255. The summed E-state index contributed by atoms with van der Waals surface area (Å²) in [5.74, 6) is 0.515. The monoisotopic (exact) mass is 270 g/mol. The van der Waals surface area contributed by atoms with Gasteiger partial charge in [0.15, 0.2) is 5.75 Å². The number of nitrogens with zero attached hydrogens (tertiary/aromatic N) is 1. The second-order valence-corrected chi connectivity index (χ2v) is 5.44. The van der Waals surface area contributed by atoms with Crippen LogP contribution >= 0.6 is 0 Å². The lowest BCUT2D eigenvalue weighted by atomic mass is 10.0. The zero-order valence-corrected chi connectivity index (χ0v) is 11.3. The maximum absolute atomic E-state index is 12.0. The number of benzene rings is 1. The molecule has 1 aromatic heterocycles. The molecule has 1 fully saturated rings. The van der Waals surface area contributed by atoms with Crippen LogP contribution in [0.1, 0.15) is 32.1 Å². The maximum Gasteiger partial charge on any atom is 0.224 e. The van der Waals surface area contributed by atoms with Crippen LogP contribution in [0.2, 0.25) is 0 Å². The highest BCUT2D eigenvalue weighted by atomic mass is 16.3. The number of phenols is 1. The van der Waals surface area contributed by atoms with E-state index in [1.54, 1.807) is 12.3 Å². The van der Waals surface area contributed by atoms with Gasteiger partial charge in [0.05, 0.1) is 5.69 Å². The van der Waals surface area contributed by atoms with Crippen LogP contribution in [0.4, 0.5) is 5.69 Å². The van der Waals surface area contributed by atoms with Crippen LogP contribution in [0.5, 0.6) is 5.75 Å². The lowest BCUT2D eigenvalue weighted by Crippen LogP contribution is -2.15. The molecule has 1 aliphatic carbocycles. The van der Waals surface area contributed by atoms with Gasteiger partial charge in [0.1, 0.15) is 5.52 Å². The Kier molecular flexibility index (Phi) is 3.54. The molecular weight excluding hydrogens is 252 g/mol. The first-order valence-electron chi connectivity index (χ1n) is 7.10. The molecule has 0 spiro atoms. The first-order chi connectivity index (χ1) is 9.74. The van der Waals surface area contributed by atoms with Gasteiger partial charge in [-0.25, -0.2) is 0 Å². The fourth-order valence-electron chi connectivity index (χ4n) is 2.91. The molecule has 104 valence electrons. The van der Waals surface area contributed by atoms with Gasteiger partial charge in [-0.2, -0.15) is 0 Å². The van der Waals surface area contributed by atoms with E-state index < -0.39 is 0 Å². The molecule has 0 aliphatic heterocycles. The summed E-state index contributed by atoms with van der Waals surface area (Å²) in [6.45, 7) is 0. The first-order valence-corrected chi connectivity index (χ1v) is 7.10. The van der Waals surface area contributed by atoms with E-state index in [-0.39, 0.29) is 11.7 Å². The first kappa shape index (κ1) is 12.9. The zero-order chi connectivity index (χ0) is 13.9. The number of pyridine rings is 1. The Labute approximate surface area is 117 Å². The molecule has 1 heterocycles. The van der Waals surface area contributed by atoms with Crippen molar-refractivity contribution >= 4 is 22.5 Å². The van der Waals surface area contributed by atoms with Gasteiger partial charge in [0.2, 0.25) is 5.91 Å². The Bertz CT molecular complexity index is 633. The topological polar surface area (TPSA) is 62.2 Å². The van der Waals surface area contributed by atoms with Crippen molar-refractivity contribution < 1.29 is 9.90 Å². The van der Waals surface area contributed by atoms with Crippen LogP contribution in [0, 0.1) is 5.92 Å². The largest absolute Gasteiger partial charge is 0.504 e. The van der Waals surface area contributed by atoms with Crippen LogP contribution in [0.15, 0.2) is 30.5 Å². The summed E-state index contributed by atoms with van der Waals surface area (Å²) in [6, 6.07) is 7.28. The molecule has 20 heavy (non-hydrogen) atoms. The van der Waals surface area contributed by atoms with Gasteiger partial charge in [0.25, 0.3) is 0 Å². The quantitative estimate of drug-likeness (QED) is 0.840. The van der Waals surface area contributed by atoms with E-state index in [4.69, 9.17) is 0 Å². The number of nitrogens with one attached hydrogen (secondary N) is 1. The lowest BCUT2D eigenvalue weighted by Gasteiger charge is -2.11. The Balaban J connectivity index is 1.76. The number of carbonyl (C=O) groups is 1. The van der Waals surface area contributed by atoms with E-state index in [1.807, 2.05) is 18.2 Å². The number of hydrogen-bond acceptors (Lipinski definition) is 3. The zero-order valence-electron chi connectivity index (χ0n) is 11.3. The maximum atomic E-state index is 12.0. The average molecular weight is 270 g/mol. The Morgan fingerprint density at radius 3 is 2.90 bits per heavy atom. The van der Waals surface area contributed by atoms with Crippen LogP contribution in [-0.2, 0) is 4.79 Å². The third-order valence-electron chi connectivity index (χ3n) is 3.97. The number of amides is 1. The number of carbonyl (C=O) groups excluding carboxylic acids is 1. The van der Waals surface area contributed by atoms with Crippen LogP contribution < -0.4 is 5.32 Å². The molecule has 1 amide bonds. The minimum absolute atomic E-state index is 0.0255. The molecule has 0 unspecified atom stereocenters.